The molecule has 0 radical (unpaired) electrons. The summed E-state index contributed by atoms with van der Waals surface area (Å²) < 4.78 is 5.13. The first-order valence-corrected chi connectivity index (χ1v) is 8.35. The minimum absolute atomic E-state index is 0. The lowest BCUT2D eigenvalue weighted by atomic mass is 10.0. The molecule has 1 aromatic heterocycles. The summed E-state index contributed by atoms with van der Waals surface area (Å²) in [6, 6.07) is 0. The number of fused-ring (bicyclic) bond motifs is 1. The molecule has 0 saturated heterocycles. The van der Waals surface area contributed by atoms with Crippen LogP contribution in [0.15, 0.2) is 0 Å². The smallest absolute Gasteiger partial charge is 0.341 e. The molecule has 0 fully saturated rings. The lowest BCUT2D eigenvalue weighted by Crippen LogP contribution is -3.00. The van der Waals surface area contributed by atoms with Crippen LogP contribution < -0.4 is 17.7 Å². The zero-order chi connectivity index (χ0) is 15.4. The molecule has 22 heavy (non-hydrogen) atoms. The van der Waals surface area contributed by atoms with Gasteiger partial charge in [0.25, 0.3) is 0 Å². The van der Waals surface area contributed by atoms with Crippen LogP contribution in [0.2, 0.25) is 0 Å². The van der Waals surface area contributed by atoms with Gasteiger partial charge in [-0.3, -0.25) is 9.69 Å². The van der Waals surface area contributed by atoms with Crippen molar-refractivity contribution in [2.24, 2.45) is 0 Å². The molecule has 5 nitrogen and oxygen atoms in total. The Hall–Kier alpha value is -0.820. The van der Waals surface area contributed by atoms with Gasteiger partial charge in [-0.1, -0.05) is 6.92 Å². The van der Waals surface area contributed by atoms with E-state index in [9.17, 15) is 9.59 Å². The predicted molar refractivity (Wildman–Crippen MR) is 84.3 cm³/mol. The number of nitrogens with zero attached hydrogens (tertiary/aromatic N) is 1. The molecule has 0 aromatic carbocycles. The molecule has 124 valence electrons. The Morgan fingerprint density at radius 2 is 2.14 bits per heavy atom. The first-order chi connectivity index (χ1) is 10.1. The van der Waals surface area contributed by atoms with Gasteiger partial charge in [-0.2, -0.15) is 0 Å². The van der Waals surface area contributed by atoms with Crippen molar-refractivity contribution in [3.63, 3.8) is 0 Å². The summed E-state index contributed by atoms with van der Waals surface area (Å²) in [6.07, 6.45) is 0.796. The van der Waals surface area contributed by atoms with Crippen molar-refractivity contribution < 1.29 is 26.7 Å². The van der Waals surface area contributed by atoms with Crippen LogP contribution in [0.1, 0.15) is 34.6 Å². The van der Waals surface area contributed by atoms with Gasteiger partial charge in [-0.25, -0.2) is 4.79 Å². The summed E-state index contributed by atoms with van der Waals surface area (Å²) >= 11 is 6.98. The number of nitrogens with one attached hydrogen (secondary N) is 1. The summed E-state index contributed by atoms with van der Waals surface area (Å²) in [4.78, 5) is 27.2. The first kappa shape index (κ1) is 19.2. The van der Waals surface area contributed by atoms with Crippen LogP contribution in [-0.4, -0.2) is 42.4 Å². The van der Waals surface area contributed by atoms with Crippen LogP contribution in [0.4, 0.5) is 5.00 Å². The quantitative estimate of drug-likeness (QED) is 0.563. The highest BCUT2D eigenvalue weighted by Crippen LogP contribution is 2.37. The molecule has 0 aliphatic carbocycles. The molecule has 2 rings (SSSR count). The Morgan fingerprint density at radius 1 is 1.41 bits per heavy atom. The molecule has 1 aromatic rings. The average Bonchev–Trinajstić information content (AvgIpc) is 2.83. The number of hydrogen-bond acceptors (Lipinski definition) is 5. The van der Waals surface area contributed by atoms with Crippen LogP contribution in [0.5, 0.6) is 0 Å². The van der Waals surface area contributed by atoms with Gasteiger partial charge in [0, 0.05) is 18.0 Å². The van der Waals surface area contributed by atoms with Crippen LogP contribution in [0.3, 0.4) is 0 Å². The number of carbonyl (C=O) groups is 2. The monoisotopic (exact) mass is 365 g/mol. The number of carbonyl (C=O) groups excluding carboxylic acids is 2. The third-order valence-corrected chi connectivity index (χ3v) is 4.81. The SMILES string of the molecule is CCOC(=O)c1c(NC(=O)CCl)sc2c1CCN(CC)C2.[Cl-]. The largest absolute Gasteiger partial charge is 1.00 e. The second-order valence-corrected chi connectivity index (χ2v) is 6.10. The topological polar surface area (TPSA) is 58.6 Å². The predicted octanol–water partition coefficient (Wildman–Crippen LogP) is -0.516. The summed E-state index contributed by atoms with van der Waals surface area (Å²) in [5.41, 5.74) is 1.51. The molecule has 0 atom stereocenters. The van der Waals surface area contributed by atoms with E-state index in [2.05, 4.69) is 17.1 Å². The maximum absolute atomic E-state index is 12.2. The maximum atomic E-state index is 12.2. The number of halogens is 2. The zero-order valence-electron chi connectivity index (χ0n) is 12.6. The van der Waals surface area contributed by atoms with Crippen molar-refractivity contribution in [2.75, 3.05) is 30.9 Å². The van der Waals surface area contributed by atoms with Crippen molar-refractivity contribution in [1.29, 1.82) is 0 Å². The standard InChI is InChI=1S/C14H19ClN2O3S.ClH/c1-3-17-6-5-9-10(8-17)21-13(16-11(18)7-15)12(9)14(19)20-4-2;/h3-8H2,1-2H3,(H,16,18);1H/p-1. The van der Waals surface area contributed by atoms with Crippen LogP contribution in [-0.2, 0) is 22.5 Å². The lowest BCUT2D eigenvalue weighted by molar-refractivity contribution is -0.113. The van der Waals surface area contributed by atoms with E-state index >= 15 is 0 Å². The number of anilines is 1. The second kappa shape index (κ2) is 8.72. The first-order valence-electron chi connectivity index (χ1n) is 7.00. The molecule has 1 aliphatic rings. The van der Waals surface area contributed by atoms with Gasteiger partial charge < -0.3 is 22.5 Å². The molecular weight excluding hydrogens is 347 g/mol. The van der Waals surface area contributed by atoms with E-state index in [1.54, 1.807) is 6.92 Å². The fraction of sp³-hybridized carbons (Fsp3) is 0.571. The van der Waals surface area contributed by atoms with E-state index < -0.39 is 0 Å². The number of ether oxygens (including phenoxy) is 1. The number of thiophene rings is 1. The third kappa shape index (κ3) is 4.13. The van der Waals surface area contributed by atoms with Gasteiger partial charge in [0.1, 0.15) is 10.9 Å². The molecule has 0 bridgehead atoms. The average molecular weight is 366 g/mol. The number of esters is 1. The Morgan fingerprint density at radius 3 is 2.73 bits per heavy atom. The van der Waals surface area contributed by atoms with E-state index in [1.165, 1.54) is 11.3 Å². The zero-order valence-corrected chi connectivity index (χ0v) is 14.9. The molecule has 8 heteroatoms. The Kier molecular flexibility index (Phi) is 7.62. The molecule has 1 aliphatic heterocycles. The van der Waals surface area contributed by atoms with Gasteiger partial charge in [-0.15, -0.1) is 22.9 Å². The fourth-order valence-corrected chi connectivity index (χ4v) is 3.75. The van der Waals surface area contributed by atoms with E-state index in [0.717, 1.165) is 36.5 Å². The van der Waals surface area contributed by atoms with Crippen molar-refractivity contribution in [3.8, 4) is 0 Å². The summed E-state index contributed by atoms with van der Waals surface area (Å²) in [5, 5.41) is 3.28. The van der Waals surface area contributed by atoms with Gasteiger partial charge in [0.05, 0.1) is 12.2 Å². The number of amides is 1. The summed E-state index contributed by atoms with van der Waals surface area (Å²) in [6.45, 7) is 6.88. The van der Waals surface area contributed by atoms with E-state index in [0.29, 0.717) is 17.2 Å². The summed E-state index contributed by atoms with van der Waals surface area (Å²) in [5.74, 6) is -0.815. The highest BCUT2D eigenvalue weighted by Gasteiger charge is 2.28. The Bertz CT molecular complexity index is 548. The molecular formula is C14H19Cl2N2O3S-. The molecule has 0 saturated carbocycles. The molecule has 1 N–H and O–H groups in total. The van der Waals surface area contributed by atoms with Crippen LogP contribution in [0, 0.1) is 0 Å². The minimum atomic E-state index is -0.371. The normalized spacial score (nSPS) is 14.0. The van der Waals surface area contributed by atoms with E-state index in [4.69, 9.17) is 16.3 Å². The van der Waals surface area contributed by atoms with Crippen molar-refractivity contribution in [2.45, 2.75) is 26.8 Å². The van der Waals surface area contributed by atoms with E-state index in [-0.39, 0.29) is 30.2 Å². The molecule has 2 heterocycles. The third-order valence-electron chi connectivity index (χ3n) is 3.44. The fourth-order valence-electron chi connectivity index (χ4n) is 2.39. The molecule has 0 unspecified atom stereocenters. The van der Waals surface area contributed by atoms with Gasteiger partial charge in [-0.05, 0) is 25.5 Å². The highest BCUT2D eigenvalue weighted by molar-refractivity contribution is 7.17. The number of hydrogen-bond donors (Lipinski definition) is 1. The highest BCUT2D eigenvalue weighted by atomic mass is 35.5. The number of alkyl halides is 1. The van der Waals surface area contributed by atoms with Crippen LogP contribution >= 0.6 is 22.9 Å². The summed E-state index contributed by atoms with van der Waals surface area (Å²) in [7, 11) is 0. The van der Waals surface area contributed by atoms with Gasteiger partial charge >= 0.3 is 5.97 Å². The number of likely N-dealkylation sites (N-methyl/N-ethyl adjacent to an activating group) is 1. The van der Waals surface area contributed by atoms with Crippen molar-refractivity contribution in [1.82, 2.24) is 4.90 Å². The second-order valence-electron chi connectivity index (χ2n) is 4.73. The van der Waals surface area contributed by atoms with Gasteiger partial charge in [0.15, 0.2) is 0 Å². The van der Waals surface area contributed by atoms with Crippen molar-refractivity contribution in [3.05, 3.63) is 16.0 Å². The molecule has 0 spiro atoms. The number of rotatable bonds is 5. The van der Waals surface area contributed by atoms with E-state index in [1.807, 2.05) is 0 Å². The Labute approximate surface area is 145 Å². The molecule has 1 amide bonds. The maximum Gasteiger partial charge on any atom is 0.341 e. The minimum Gasteiger partial charge on any atom is -1.00 e. The Balaban J connectivity index is 0.00000242. The lowest BCUT2D eigenvalue weighted by Gasteiger charge is -2.25. The van der Waals surface area contributed by atoms with Crippen molar-refractivity contribution >= 4 is 39.8 Å². The van der Waals surface area contributed by atoms with Crippen LogP contribution in [0.25, 0.3) is 0 Å². The van der Waals surface area contributed by atoms with Gasteiger partial charge in [0.2, 0.25) is 5.91 Å².